The predicted molar refractivity (Wildman–Crippen MR) is 70.2 cm³/mol. The van der Waals surface area contributed by atoms with Crippen LogP contribution in [0.5, 0.6) is 11.5 Å². The fourth-order valence-corrected chi connectivity index (χ4v) is 2.46. The predicted octanol–water partition coefficient (Wildman–Crippen LogP) is 1.88. The van der Waals surface area contributed by atoms with Gasteiger partial charge in [-0.2, -0.15) is 13.2 Å². The highest BCUT2D eigenvalue weighted by molar-refractivity contribution is 6.05. The molecule has 0 saturated heterocycles. The first-order valence-corrected chi connectivity index (χ1v) is 6.45. The number of hydrogen-bond acceptors (Lipinski definition) is 4. The zero-order valence-electron chi connectivity index (χ0n) is 11.9. The van der Waals surface area contributed by atoms with Gasteiger partial charge in [-0.05, 0) is 25.0 Å². The molecule has 0 radical (unpaired) electrons. The summed E-state index contributed by atoms with van der Waals surface area (Å²) in [6, 6.07) is 1.77. The van der Waals surface area contributed by atoms with Gasteiger partial charge in [-0.1, -0.05) is 0 Å². The Morgan fingerprint density at radius 1 is 1.27 bits per heavy atom. The smallest absolute Gasteiger partial charge is 0.471 e. The lowest BCUT2D eigenvalue weighted by Crippen LogP contribution is -2.48. The van der Waals surface area contributed by atoms with Crippen LogP contribution in [-0.4, -0.2) is 38.1 Å². The van der Waals surface area contributed by atoms with E-state index in [1.54, 1.807) is 5.32 Å². The Kier molecular flexibility index (Phi) is 4.30. The Bertz CT molecular complexity index is 613. The number of carbonyl (C=O) groups excluding carboxylic acids is 2. The molecule has 120 valence electrons. The summed E-state index contributed by atoms with van der Waals surface area (Å²) in [7, 11) is 2.86. The molecule has 1 N–H and O–H groups in total. The fraction of sp³-hybridized carbons (Fsp3) is 0.429. The van der Waals surface area contributed by atoms with Crippen molar-refractivity contribution in [3.8, 4) is 11.5 Å². The Morgan fingerprint density at radius 3 is 2.50 bits per heavy atom. The second-order valence-electron chi connectivity index (χ2n) is 4.75. The minimum atomic E-state index is -5.02. The molecule has 0 heterocycles. The summed E-state index contributed by atoms with van der Waals surface area (Å²) >= 11 is 0. The number of ketones is 1. The van der Waals surface area contributed by atoms with Crippen molar-refractivity contribution in [3.05, 3.63) is 23.3 Å². The zero-order valence-corrected chi connectivity index (χ0v) is 11.9. The molecule has 0 fully saturated rings. The molecular formula is C14H14F3NO4. The average Bonchev–Trinajstić information content (AvgIpc) is 2.47. The molecule has 1 amide bonds. The number of hydrogen-bond donors (Lipinski definition) is 1. The SMILES string of the molecule is COc1ccc2c(c1OC)CCC(NC(=O)C(F)(F)F)C2=O. The third-order valence-electron chi connectivity index (χ3n) is 3.48. The molecule has 0 bridgehead atoms. The quantitative estimate of drug-likeness (QED) is 0.924. The summed E-state index contributed by atoms with van der Waals surface area (Å²) in [5.74, 6) is -1.87. The van der Waals surface area contributed by atoms with Gasteiger partial charge in [0, 0.05) is 11.1 Å². The van der Waals surface area contributed by atoms with Gasteiger partial charge in [-0.25, -0.2) is 0 Å². The first kappa shape index (κ1) is 16.1. The number of Topliss-reactive ketones (excluding diaryl/α,β-unsaturated/α-hetero) is 1. The van der Waals surface area contributed by atoms with Gasteiger partial charge in [-0.3, -0.25) is 9.59 Å². The maximum atomic E-state index is 12.3. The number of alkyl halides is 3. The van der Waals surface area contributed by atoms with E-state index >= 15 is 0 Å². The molecule has 8 heteroatoms. The number of benzene rings is 1. The molecule has 2 rings (SSSR count). The van der Waals surface area contributed by atoms with Crippen molar-refractivity contribution in [1.29, 1.82) is 0 Å². The van der Waals surface area contributed by atoms with E-state index in [0.717, 1.165) is 0 Å². The monoisotopic (exact) mass is 317 g/mol. The van der Waals surface area contributed by atoms with Crippen molar-refractivity contribution in [2.45, 2.75) is 25.1 Å². The van der Waals surface area contributed by atoms with Crippen LogP contribution in [0.3, 0.4) is 0 Å². The second-order valence-corrected chi connectivity index (χ2v) is 4.75. The first-order chi connectivity index (χ1) is 10.3. The molecule has 0 spiro atoms. The summed E-state index contributed by atoms with van der Waals surface area (Å²) in [6.45, 7) is 0. The Balaban J connectivity index is 2.30. The van der Waals surface area contributed by atoms with E-state index in [2.05, 4.69) is 0 Å². The molecule has 5 nitrogen and oxygen atoms in total. The average molecular weight is 317 g/mol. The maximum Gasteiger partial charge on any atom is 0.471 e. The van der Waals surface area contributed by atoms with Gasteiger partial charge < -0.3 is 14.8 Å². The number of nitrogens with one attached hydrogen (secondary N) is 1. The number of ether oxygens (including phenoxy) is 2. The fourth-order valence-electron chi connectivity index (χ4n) is 2.46. The van der Waals surface area contributed by atoms with Gasteiger partial charge in [0.15, 0.2) is 17.3 Å². The van der Waals surface area contributed by atoms with Gasteiger partial charge in [0.05, 0.1) is 20.3 Å². The van der Waals surface area contributed by atoms with Gasteiger partial charge >= 0.3 is 12.1 Å². The van der Waals surface area contributed by atoms with Crippen LogP contribution < -0.4 is 14.8 Å². The maximum absolute atomic E-state index is 12.3. The van der Waals surface area contributed by atoms with E-state index in [4.69, 9.17) is 9.47 Å². The standard InChI is InChI=1S/C14H14F3NO4/c1-21-10-6-4-7-8(12(10)22-2)3-5-9(11(7)19)18-13(20)14(15,16)17/h4,6,9H,3,5H2,1-2H3,(H,18,20). The Morgan fingerprint density at radius 2 is 1.95 bits per heavy atom. The van der Waals surface area contributed by atoms with Gasteiger partial charge in [-0.15, -0.1) is 0 Å². The normalized spacial score (nSPS) is 17.7. The largest absolute Gasteiger partial charge is 0.493 e. The summed E-state index contributed by atoms with van der Waals surface area (Å²) in [5, 5.41) is 1.73. The summed E-state index contributed by atoms with van der Waals surface area (Å²) in [6.07, 6.45) is -4.65. The third kappa shape index (κ3) is 2.86. The van der Waals surface area contributed by atoms with E-state index in [0.29, 0.717) is 23.5 Å². The summed E-state index contributed by atoms with van der Waals surface area (Å²) in [5.41, 5.74) is 0.806. The van der Waals surface area contributed by atoms with Crippen LogP contribution in [0.25, 0.3) is 0 Å². The van der Waals surface area contributed by atoms with Gasteiger partial charge in [0.1, 0.15) is 0 Å². The number of halogens is 3. The van der Waals surface area contributed by atoms with Crippen LogP contribution in [0.15, 0.2) is 12.1 Å². The molecular weight excluding hydrogens is 303 g/mol. The molecule has 1 aromatic rings. The Hall–Kier alpha value is -2.25. The molecule has 1 aromatic carbocycles. The number of rotatable bonds is 3. The van der Waals surface area contributed by atoms with Crippen molar-refractivity contribution in [3.63, 3.8) is 0 Å². The zero-order chi connectivity index (χ0) is 16.5. The van der Waals surface area contributed by atoms with Gasteiger partial charge in [0.25, 0.3) is 0 Å². The Labute approximate surface area is 124 Å². The lowest BCUT2D eigenvalue weighted by molar-refractivity contribution is -0.174. The lowest BCUT2D eigenvalue weighted by Gasteiger charge is -2.26. The van der Waals surface area contributed by atoms with Gasteiger partial charge in [0.2, 0.25) is 0 Å². The molecule has 22 heavy (non-hydrogen) atoms. The molecule has 0 aliphatic heterocycles. The third-order valence-corrected chi connectivity index (χ3v) is 3.48. The number of fused-ring (bicyclic) bond motifs is 1. The summed E-state index contributed by atoms with van der Waals surface area (Å²) < 4.78 is 47.2. The molecule has 0 saturated carbocycles. The topological polar surface area (TPSA) is 64.6 Å². The highest BCUT2D eigenvalue weighted by Crippen LogP contribution is 2.37. The molecule has 1 atom stereocenters. The number of methoxy groups -OCH3 is 2. The minimum absolute atomic E-state index is 0.0666. The van der Waals surface area contributed by atoms with E-state index in [9.17, 15) is 22.8 Å². The van der Waals surface area contributed by atoms with Crippen molar-refractivity contribution in [2.75, 3.05) is 14.2 Å². The molecule has 1 aliphatic carbocycles. The minimum Gasteiger partial charge on any atom is -0.493 e. The van der Waals surface area contributed by atoms with Crippen LogP contribution in [0.4, 0.5) is 13.2 Å². The van der Waals surface area contributed by atoms with Crippen molar-refractivity contribution >= 4 is 11.7 Å². The van der Waals surface area contributed by atoms with Crippen LogP contribution in [0.1, 0.15) is 22.3 Å². The van der Waals surface area contributed by atoms with E-state index in [1.807, 2.05) is 0 Å². The van der Waals surface area contributed by atoms with E-state index < -0.39 is 23.9 Å². The highest BCUT2D eigenvalue weighted by Gasteiger charge is 2.42. The number of amides is 1. The van der Waals surface area contributed by atoms with E-state index in [-0.39, 0.29) is 12.0 Å². The van der Waals surface area contributed by atoms with Crippen LogP contribution in [0.2, 0.25) is 0 Å². The van der Waals surface area contributed by atoms with Crippen molar-refractivity contribution < 1.29 is 32.2 Å². The second kappa shape index (κ2) is 5.86. The molecule has 1 aliphatic rings. The van der Waals surface area contributed by atoms with Crippen molar-refractivity contribution in [1.82, 2.24) is 5.32 Å². The lowest BCUT2D eigenvalue weighted by atomic mass is 9.86. The van der Waals surface area contributed by atoms with E-state index in [1.165, 1.54) is 26.4 Å². The molecule has 0 aromatic heterocycles. The van der Waals surface area contributed by atoms with Crippen LogP contribution in [0, 0.1) is 0 Å². The highest BCUT2D eigenvalue weighted by atomic mass is 19.4. The van der Waals surface area contributed by atoms with Crippen LogP contribution in [-0.2, 0) is 11.2 Å². The molecule has 1 unspecified atom stereocenters. The summed E-state index contributed by atoms with van der Waals surface area (Å²) in [4.78, 5) is 23.2. The number of carbonyl (C=O) groups is 2. The first-order valence-electron chi connectivity index (χ1n) is 6.45. The van der Waals surface area contributed by atoms with Crippen LogP contribution >= 0.6 is 0 Å². The van der Waals surface area contributed by atoms with Crippen molar-refractivity contribution in [2.24, 2.45) is 0 Å².